The van der Waals surface area contributed by atoms with E-state index in [1.54, 1.807) is 18.4 Å². The molecule has 1 N–H and O–H groups in total. The molecule has 1 aliphatic rings. The van der Waals surface area contributed by atoms with Gasteiger partial charge in [-0.25, -0.2) is 0 Å². The number of carbonyl (C=O) groups is 2. The van der Waals surface area contributed by atoms with Gasteiger partial charge < -0.3 is 10.0 Å². The molecule has 19 heavy (non-hydrogen) atoms. The van der Waals surface area contributed by atoms with Crippen LogP contribution in [0.25, 0.3) is 0 Å². The molecular weight excluding hydrogens is 262 g/mol. The number of aryl methyl sites for hydroxylation is 2. The van der Waals surface area contributed by atoms with Gasteiger partial charge in [-0.1, -0.05) is 6.42 Å². The number of rotatable bonds is 4. The second-order valence-corrected chi connectivity index (χ2v) is 6.13. The first-order valence-electron chi connectivity index (χ1n) is 6.67. The van der Waals surface area contributed by atoms with Gasteiger partial charge in [0.1, 0.15) is 0 Å². The van der Waals surface area contributed by atoms with E-state index >= 15 is 0 Å². The number of nitrogens with zero attached hydrogens (tertiary/aromatic N) is 1. The fourth-order valence-electron chi connectivity index (χ4n) is 2.33. The van der Waals surface area contributed by atoms with Crippen molar-refractivity contribution >= 4 is 23.2 Å². The maximum absolute atomic E-state index is 12.2. The van der Waals surface area contributed by atoms with E-state index < -0.39 is 5.97 Å². The molecule has 0 radical (unpaired) electrons. The van der Waals surface area contributed by atoms with Gasteiger partial charge in [0.25, 0.3) is 5.91 Å². The van der Waals surface area contributed by atoms with Crippen LogP contribution in [-0.4, -0.2) is 35.5 Å². The highest BCUT2D eigenvalue weighted by Gasteiger charge is 2.19. The average Bonchev–Trinajstić information content (AvgIpc) is 2.66. The fraction of sp³-hybridized carbons (Fsp3) is 0.571. The maximum atomic E-state index is 12.2. The second kappa shape index (κ2) is 6.19. The van der Waals surface area contributed by atoms with Crippen LogP contribution in [0.4, 0.5) is 0 Å². The van der Waals surface area contributed by atoms with Gasteiger partial charge in [0, 0.05) is 18.5 Å². The Morgan fingerprint density at radius 1 is 1.32 bits per heavy atom. The van der Waals surface area contributed by atoms with Crippen molar-refractivity contribution in [3.63, 3.8) is 0 Å². The van der Waals surface area contributed by atoms with Crippen LogP contribution in [0.3, 0.4) is 0 Å². The molecule has 104 valence electrons. The summed E-state index contributed by atoms with van der Waals surface area (Å²) in [5.41, 5.74) is 1.32. The molecule has 0 spiro atoms. The summed E-state index contributed by atoms with van der Waals surface area (Å²) in [7, 11) is 1.66. The predicted octanol–water partition coefficient (Wildman–Crippen LogP) is 2.56. The SMILES string of the molecule is CN(CCC(=O)O)C(=O)c1cc2c(s1)CCCCC2. The maximum Gasteiger partial charge on any atom is 0.305 e. The summed E-state index contributed by atoms with van der Waals surface area (Å²) in [4.78, 5) is 26.3. The van der Waals surface area contributed by atoms with E-state index in [2.05, 4.69) is 0 Å². The molecule has 1 aromatic rings. The Bertz CT molecular complexity index is 458. The molecule has 5 heteroatoms. The topological polar surface area (TPSA) is 57.6 Å². The van der Waals surface area contributed by atoms with Crippen LogP contribution in [0.1, 0.15) is 45.8 Å². The first kappa shape index (κ1) is 14.1. The Balaban J connectivity index is 2.05. The monoisotopic (exact) mass is 281 g/mol. The zero-order valence-corrected chi connectivity index (χ0v) is 12.0. The Hall–Kier alpha value is -1.36. The third kappa shape index (κ3) is 3.56. The van der Waals surface area contributed by atoms with Crippen LogP contribution in [0.2, 0.25) is 0 Å². The van der Waals surface area contributed by atoms with E-state index in [-0.39, 0.29) is 18.9 Å². The van der Waals surface area contributed by atoms with E-state index in [9.17, 15) is 9.59 Å². The predicted molar refractivity (Wildman–Crippen MR) is 74.8 cm³/mol. The van der Waals surface area contributed by atoms with Gasteiger partial charge in [0.15, 0.2) is 0 Å². The lowest BCUT2D eigenvalue weighted by molar-refractivity contribution is -0.137. The highest BCUT2D eigenvalue weighted by molar-refractivity contribution is 7.14. The first-order valence-corrected chi connectivity index (χ1v) is 7.48. The highest BCUT2D eigenvalue weighted by Crippen LogP contribution is 2.29. The van der Waals surface area contributed by atoms with Crippen LogP contribution in [-0.2, 0) is 17.6 Å². The smallest absolute Gasteiger partial charge is 0.305 e. The molecule has 0 atom stereocenters. The van der Waals surface area contributed by atoms with Gasteiger partial charge in [0.2, 0.25) is 0 Å². The van der Waals surface area contributed by atoms with Crippen LogP contribution in [0.15, 0.2) is 6.07 Å². The molecule has 0 saturated heterocycles. The lowest BCUT2D eigenvalue weighted by atomic mass is 10.1. The van der Waals surface area contributed by atoms with Crippen LogP contribution < -0.4 is 0 Å². The molecule has 2 rings (SSSR count). The number of aliphatic carboxylic acids is 1. The van der Waals surface area contributed by atoms with Crippen molar-refractivity contribution in [2.24, 2.45) is 0 Å². The summed E-state index contributed by atoms with van der Waals surface area (Å²) in [6, 6.07) is 2.00. The molecule has 0 unspecified atom stereocenters. The van der Waals surface area contributed by atoms with Crippen LogP contribution >= 0.6 is 11.3 Å². The van der Waals surface area contributed by atoms with Crippen molar-refractivity contribution in [2.45, 2.75) is 38.5 Å². The number of thiophene rings is 1. The summed E-state index contributed by atoms with van der Waals surface area (Å²) in [5.74, 6) is -0.930. The number of carboxylic acids is 1. The molecule has 1 heterocycles. The lowest BCUT2D eigenvalue weighted by Crippen LogP contribution is -2.28. The third-order valence-electron chi connectivity index (χ3n) is 3.47. The molecule has 0 saturated carbocycles. The zero-order chi connectivity index (χ0) is 13.8. The van der Waals surface area contributed by atoms with Gasteiger partial charge in [-0.3, -0.25) is 9.59 Å². The number of hydrogen-bond acceptors (Lipinski definition) is 3. The third-order valence-corrected chi connectivity index (χ3v) is 4.69. The van der Waals surface area contributed by atoms with E-state index in [0.29, 0.717) is 0 Å². The van der Waals surface area contributed by atoms with Gasteiger partial charge in [-0.15, -0.1) is 11.3 Å². The minimum Gasteiger partial charge on any atom is -0.481 e. The van der Waals surface area contributed by atoms with E-state index in [4.69, 9.17) is 5.11 Å². The minimum absolute atomic E-state index is 0.00662. The van der Waals surface area contributed by atoms with E-state index in [0.717, 1.165) is 17.7 Å². The van der Waals surface area contributed by atoms with E-state index in [1.165, 1.54) is 34.6 Å². The molecule has 1 aliphatic carbocycles. The molecule has 0 bridgehead atoms. The number of fused-ring (bicyclic) bond motifs is 1. The Morgan fingerprint density at radius 3 is 2.79 bits per heavy atom. The largest absolute Gasteiger partial charge is 0.481 e. The summed E-state index contributed by atoms with van der Waals surface area (Å²) >= 11 is 1.58. The molecule has 0 aromatic carbocycles. The highest BCUT2D eigenvalue weighted by atomic mass is 32.1. The molecule has 4 nitrogen and oxygen atoms in total. The van der Waals surface area contributed by atoms with Crippen molar-refractivity contribution in [1.82, 2.24) is 4.90 Å². The quantitative estimate of drug-likeness (QED) is 0.863. The fourth-order valence-corrected chi connectivity index (χ4v) is 3.57. The summed E-state index contributed by atoms with van der Waals surface area (Å²) in [6.07, 6.45) is 5.81. The molecule has 0 fully saturated rings. The second-order valence-electron chi connectivity index (χ2n) is 4.99. The minimum atomic E-state index is -0.874. The van der Waals surface area contributed by atoms with Crippen molar-refractivity contribution in [1.29, 1.82) is 0 Å². The summed E-state index contributed by atoms with van der Waals surface area (Å²) in [5, 5.41) is 8.64. The van der Waals surface area contributed by atoms with Gasteiger partial charge >= 0.3 is 5.97 Å². The van der Waals surface area contributed by atoms with Crippen LogP contribution in [0, 0.1) is 0 Å². The average molecular weight is 281 g/mol. The standard InChI is InChI=1S/C14H19NO3S/c1-15(8-7-13(16)17)14(18)12-9-10-5-3-2-4-6-11(10)19-12/h9H,2-8H2,1H3,(H,16,17). The van der Waals surface area contributed by atoms with Crippen molar-refractivity contribution in [3.05, 3.63) is 21.4 Å². The van der Waals surface area contributed by atoms with Gasteiger partial charge in [-0.2, -0.15) is 0 Å². The summed E-state index contributed by atoms with van der Waals surface area (Å²) in [6.45, 7) is 0.261. The molecule has 0 aliphatic heterocycles. The number of hydrogen-bond donors (Lipinski definition) is 1. The molecule has 1 aromatic heterocycles. The Labute approximate surface area is 117 Å². The number of carboxylic acid groups (broad SMARTS) is 1. The zero-order valence-electron chi connectivity index (χ0n) is 11.1. The van der Waals surface area contributed by atoms with E-state index in [1.807, 2.05) is 6.07 Å². The normalized spacial score (nSPS) is 14.6. The number of amides is 1. The Morgan fingerprint density at radius 2 is 2.05 bits per heavy atom. The first-order chi connectivity index (χ1) is 9.08. The molecular formula is C14H19NO3S. The van der Waals surface area contributed by atoms with Crippen molar-refractivity contribution in [2.75, 3.05) is 13.6 Å². The molecule has 1 amide bonds. The summed E-state index contributed by atoms with van der Waals surface area (Å²) < 4.78 is 0. The van der Waals surface area contributed by atoms with Gasteiger partial charge in [0.05, 0.1) is 11.3 Å². The van der Waals surface area contributed by atoms with Crippen molar-refractivity contribution < 1.29 is 14.7 Å². The van der Waals surface area contributed by atoms with Gasteiger partial charge in [-0.05, 0) is 37.3 Å². The Kier molecular flexibility index (Phi) is 4.58. The van der Waals surface area contributed by atoms with Crippen molar-refractivity contribution in [3.8, 4) is 0 Å². The van der Waals surface area contributed by atoms with Crippen LogP contribution in [0.5, 0.6) is 0 Å². The lowest BCUT2D eigenvalue weighted by Gasteiger charge is -2.14. The number of carbonyl (C=O) groups excluding carboxylic acids is 1.